The normalized spacial score (nSPS) is 13.1. The lowest BCUT2D eigenvalue weighted by atomic mass is 10.00. The maximum absolute atomic E-state index is 13.2. The van der Waals surface area contributed by atoms with Crippen LogP contribution in [0.4, 0.5) is 5.69 Å². The van der Waals surface area contributed by atoms with E-state index in [-0.39, 0.29) is 18.2 Å². The van der Waals surface area contributed by atoms with Crippen LogP contribution in [0.1, 0.15) is 34.8 Å². The summed E-state index contributed by atoms with van der Waals surface area (Å²) in [5.74, 6) is -0.354. The molecule has 0 saturated heterocycles. The quantitative estimate of drug-likeness (QED) is 0.279. The van der Waals surface area contributed by atoms with Crippen molar-refractivity contribution in [3.05, 3.63) is 100 Å². The van der Waals surface area contributed by atoms with Crippen molar-refractivity contribution < 1.29 is 18.3 Å². The average Bonchev–Trinajstić information content (AvgIpc) is 2.88. The number of nitrogens with zero attached hydrogens (tertiary/aromatic N) is 1. The van der Waals surface area contributed by atoms with Crippen LogP contribution in [0, 0.1) is 0 Å². The van der Waals surface area contributed by atoms with Crippen molar-refractivity contribution in [3.8, 4) is 0 Å². The van der Waals surface area contributed by atoms with Crippen molar-refractivity contribution in [1.29, 1.82) is 0 Å². The van der Waals surface area contributed by atoms with Gasteiger partial charge < -0.3 is 15.7 Å². The van der Waals surface area contributed by atoms with E-state index in [1.165, 1.54) is 11.4 Å². The van der Waals surface area contributed by atoms with Crippen molar-refractivity contribution in [3.63, 3.8) is 0 Å². The van der Waals surface area contributed by atoms with E-state index >= 15 is 0 Å². The van der Waals surface area contributed by atoms with Gasteiger partial charge in [0.2, 0.25) is 10.0 Å². The molecule has 0 bridgehead atoms. The largest absolute Gasteiger partial charge is 0.390 e. The number of hydrogen-bond acceptors (Lipinski definition) is 5. The van der Waals surface area contributed by atoms with Gasteiger partial charge in [0.15, 0.2) is 0 Å². The lowest BCUT2D eigenvalue weighted by Gasteiger charge is -2.25. The summed E-state index contributed by atoms with van der Waals surface area (Å²) in [6.45, 7) is 2.66. The first-order chi connectivity index (χ1) is 17.7. The molecule has 0 fully saturated rings. The molecule has 0 radical (unpaired) electrons. The molecule has 0 saturated carbocycles. The van der Waals surface area contributed by atoms with Crippen LogP contribution in [0.2, 0.25) is 0 Å². The highest BCUT2D eigenvalue weighted by Gasteiger charge is 2.23. The highest BCUT2D eigenvalue weighted by atomic mass is 79.9. The van der Waals surface area contributed by atoms with E-state index in [1.807, 2.05) is 54.6 Å². The van der Waals surface area contributed by atoms with E-state index in [2.05, 4.69) is 26.6 Å². The molecule has 198 valence electrons. The smallest absolute Gasteiger partial charge is 0.251 e. The van der Waals surface area contributed by atoms with E-state index in [0.29, 0.717) is 30.6 Å². The second kappa shape index (κ2) is 13.7. The molecule has 0 unspecified atom stereocenters. The highest BCUT2D eigenvalue weighted by Crippen LogP contribution is 2.19. The number of carbonyl (C=O) groups is 1. The molecule has 9 heteroatoms. The Balaban J connectivity index is 1.72. The van der Waals surface area contributed by atoms with Gasteiger partial charge in [-0.15, -0.1) is 0 Å². The summed E-state index contributed by atoms with van der Waals surface area (Å²) in [5.41, 5.74) is 2.79. The Kier molecular flexibility index (Phi) is 10.7. The molecule has 0 spiro atoms. The summed E-state index contributed by atoms with van der Waals surface area (Å²) in [6, 6.07) is 23.5. The Morgan fingerprint density at radius 1 is 1.00 bits per heavy atom. The number of aliphatic hydroxyl groups excluding tert-OH is 1. The Morgan fingerprint density at radius 3 is 2.41 bits per heavy atom. The number of anilines is 1. The number of hydrogen-bond donors (Lipinski definition) is 3. The molecular formula is C28H34BrN3O4S. The Labute approximate surface area is 228 Å². The summed E-state index contributed by atoms with van der Waals surface area (Å²) in [4.78, 5) is 13.2. The van der Waals surface area contributed by atoms with Gasteiger partial charge in [-0.3, -0.25) is 9.10 Å². The highest BCUT2D eigenvalue weighted by molar-refractivity contribution is 9.10. The Hall–Kier alpha value is -2.72. The van der Waals surface area contributed by atoms with E-state index < -0.39 is 22.2 Å². The van der Waals surface area contributed by atoms with Crippen LogP contribution < -0.4 is 14.9 Å². The standard InChI is InChI=1S/C28H34BrN3O4S/c1-3-15-37(35,36)32(2)25-14-8-12-23(18-25)28(34)31-26(17-21-9-5-4-6-10-21)27(33)20-30-19-22-11-7-13-24(29)16-22/h4-14,16,18,26-27,30,33H,3,15,17,19-20H2,1-2H3,(H,31,34)/t26-,27+/m0/s1. The summed E-state index contributed by atoms with van der Waals surface area (Å²) in [5, 5.41) is 17.3. The summed E-state index contributed by atoms with van der Waals surface area (Å²) < 4.78 is 27.2. The van der Waals surface area contributed by atoms with Crippen LogP contribution in [-0.4, -0.2) is 50.9 Å². The van der Waals surface area contributed by atoms with Gasteiger partial charge in [0, 0.05) is 30.2 Å². The number of benzene rings is 3. The minimum atomic E-state index is -3.47. The van der Waals surface area contributed by atoms with Crippen LogP contribution in [0.15, 0.2) is 83.3 Å². The van der Waals surface area contributed by atoms with Crippen LogP contribution in [0.25, 0.3) is 0 Å². The minimum Gasteiger partial charge on any atom is -0.390 e. The number of aliphatic hydroxyl groups is 1. The number of halogens is 1. The maximum Gasteiger partial charge on any atom is 0.251 e. The van der Waals surface area contributed by atoms with Gasteiger partial charge in [-0.2, -0.15) is 0 Å². The van der Waals surface area contributed by atoms with Crippen molar-refractivity contribution in [2.45, 2.75) is 38.5 Å². The molecule has 0 aliphatic rings. The van der Waals surface area contributed by atoms with Crippen LogP contribution in [-0.2, 0) is 23.0 Å². The van der Waals surface area contributed by atoms with Crippen molar-refractivity contribution in [2.75, 3.05) is 23.7 Å². The van der Waals surface area contributed by atoms with Gasteiger partial charge in [0.05, 0.1) is 23.6 Å². The lowest BCUT2D eigenvalue weighted by molar-refractivity contribution is 0.0830. The topological polar surface area (TPSA) is 98.7 Å². The first-order valence-electron chi connectivity index (χ1n) is 12.2. The van der Waals surface area contributed by atoms with Crippen LogP contribution in [0.5, 0.6) is 0 Å². The number of amides is 1. The van der Waals surface area contributed by atoms with Gasteiger partial charge in [-0.05, 0) is 54.3 Å². The van der Waals surface area contributed by atoms with E-state index in [9.17, 15) is 18.3 Å². The Bertz CT molecular complexity index is 1270. The molecular weight excluding hydrogens is 554 g/mol. The molecule has 7 nitrogen and oxygen atoms in total. The zero-order chi connectivity index (χ0) is 26.8. The average molecular weight is 589 g/mol. The van der Waals surface area contributed by atoms with E-state index in [1.54, 1.807) is 31.2 Å². The molecule has 37 heavy (non-hydrogen) atoms. The molecule has 3 N–H and O–H groups in total. The summed E-state index contributed by atoms with van der Waals surface area (Å²) in [6.07, 6.45) is 0.0882. The molecule has 1 amide bonds. The first-order valence-corrected chi connectivity index (χ1v) is 14.6. The molecule has 0 aliphatic heterocycles. The number of rotatable bonds is 13. The SMILES string of the molecule is CCCS(=O)(=O)N(C)c1cccc(C(=O)N[C@@H](Cc2ccccc2)[C@H](O)CNCc2cccc(Br)c2)c1. The van der Waals surface area contributed by atoms with Gasteiger partial charge in [-0.25, -0.2) is 8.42 Å². The third kappa shape index (κ3) is 8.67. The third-order valence-corrected chi connectivity index (χ3v) is 8.47. The number of carbonyl (C=O) groups excluding carboxylic acids is 1. The molecule has 0 aromatic heterocycles. The zero-order valence-corrected chi connectivity index (χ0v) is 23.5. The fourth-order valence-corrected chi connectivity index (χ4v) is 5.63. The summed E-state index contributed by atoms with van der Waals surface area (Å²) in [7, 11) is -1.98. The van der Waals surface area contributed by atoms with Crippen molar-refractivity contribution in [2.24, 2.45) is 0 Å². The zero-order valence-electron chi connectivity index (χ0n) is 21.1. The lowest BCUT2D eigenvalue weighted by Crippen LogP contribution is -2.48. The van der Waals surface area contributed by atoms with Gasteiger partial charge in [0.25, 0.3) is 5.91 Å². The first kappa shape index (κ1) is 28.8. The molecule has 0 aliphatic carbocycles. The fraction of sp³-hybridized carbons (Fsp3) is 0.321. The van der Waals surface area contributed by atoms with Crippen molar-refractivity contribution >= 4 is 37.5 Å². The Morgan fingerprint density at radius 2 is 1.70 bits per heavy atom. The van der Waals surface area contributed by atoms with Crippen molar-refractivity contribution in [1.82, 2.24) is 10.6 Å². The minimum absolute atomic E-state index is 0.0260. The molecule has 3 aromatic rings. The van der Waals surface area contributed by atoms with Gasteiger partial charge in [0.1, 0.15) is 0 Å². The fourth-order valence-electron chi connectivity index (χ4n) is 3.96. The van der Waals surface area contributed by atoms with Gasteiger partial charge >= 0.3 is 0 Å². The number of nitrogens with one attached hydrogen (secondary N) is 2. The van der Waals surface area contributed by atoms with Crippen LogP contribution in [0.3, 0.4) is 0 Å². The van der Waals surface area contributed by atoms with E-state index in [4.69, 9.17) is 0 Å². The monoisotopic (exact) mass is 587 g/mol. The predicted octanol–water partition coefficient (Wildman–Crippen LogP) is 4.12. The summed E-state index contributed by atoms with van der Waals surface area (Å²) >= 11 is 3.46. The molecule has 3 rings (SSSR count). The van der Waals surface area contributed by atoms with Gasteiger partial charge in [-0.1, -0.05) is 71.4 Å². The number of sulfonamides is 1. The maximum atomic E-state index is 13.2. The molecule has 3 aromatic carbocycles. The molecule has 2 atom stereocenters. The predicted molar refractivity (Wildman–Crippen MR) is 152 cm³/mol. The molecule has 0 heterocycles. The second-order valence-electron chi connectivity index (χ2n) is 8.93. The van der Waals surface area contributed by atoms with E-state index in [0.717, 1.165) is 15.6 Å². The van der Waals surface area contributed by atoms with Crippen LogP contribution >= 0.6 is 15.9 Å². The second-order valence-corrected chi connectivity index (χ2v) is 12.0. The third-order valence-electron chi connectivity index (χ3n) is 6.00.